The average molecular weight is 302 g/mol. The van der Waals surface area contributed by atoms with Gasteiger partial charge < -0.3 is 14.8 Å². The molecule has 0 aliphatic carbocycles. The molecule has 0 aromatic heterocycles. The number of anilines is 1. The summed E-state index contributed by atoms with van der Waals surface area (Å²) < 4.78 is 9.74. The first-order valence-corrected chi connectivity index (χ1v) is 6.10. The zero-order chi connectivity index (χ0) is 12.8. The minimum atomic E-state index is -0.353. The topological polar surface area (TPSA) is 47.6 Å². The van der Waals surface area contributed by atoms with E-state index >= 15 is 0 Å². The summed E-state index contributed by atoms with van der Waals surface area (Å²) in [6.07, 6.45) is 0. The summed E-state index contributed by atoms with van der Waals surface area (Å²) in [5.74, 6) is 0.528. The Morgan fingerprint density at radius 3 is 2.71 bits per heavy atom. The minimum absolute atomic E-state index is 0.288. The molecule has 17 heavy (non-hydrogen) atoms. The van der Waals surface area contributed by atoms with Crippen molar-refractivity contribution in [3.63, 3.8) is 0 Å². The number of alkyl halides is 1. The smallest absolute Gasteiger partial charge is 0.321 e. The van der Waals surface area contributed by atoms with Gasteiger partial charge in [0.2, 0.25) is 0 Å². The van der Waals surface area contributed by atoms with Gasteiger partial charge >= 0.3 is 5.97 Å². The average Bonchev–Trinajstić information content (AvgIpc) is 2.35. The van der Waals surface area contributed by atoms with E-state index in [1.165, 1.54) is 7.11 Å². The zero-order valence-electron chi connectivity index (χ0n) is 10.1. The summed E-state index contributed by atoms with van der Waals surface area (Å²) in [5, 5.41) is 3.18. The lowest BCUT2D eigenvalue weighted by atomic mass is 10.2. The number of halogens is 1. The van der Waals surface area contributed by atoms with E-state index in [1.54, 1.807) is 7.11 Å². The highest BCUT2D eigenvalue weighted by Crippen LogP contribution is 2.21. The van der Waals surface area contributed by atoms with E-state index in [2.05, 4.69) is 26.0 Å². The molecule has 0 bridgehead atoms. The largest absolute Gasteiger partial charge is 0.497 e. The van der Waals surface area contributed by atoms with Crippen molar-refractivity contribution in [2.45, 2.75) is 11.8 Å². The number of methoxy groups -OCH3 is 2. The van der Waals surface area contributed by atoms with Crippen LogP contribution in [0.2, 0.25) is 0 Å². The number of rotatable bonds is 5. The summed E-state index contributed by atoms with van der Waals surface area (Å²) in [7, 11) is 3.00. The number of hydrogen-bond donors (Lipinski definition) is 1. The maximum Gasteiger partial charge on any atom is 0.321 e. The molecule has 1 aromatic carbocycles. The van der Waals surface area contributed by atoms with Crippen molar-refractivity contribution in [3.8, 4) is 5.75 Å². The Morgan fingerprint density at radius 2 is 2.18 bits per heavy atom. The third-order valence-electron chi connectivity index (χ3n) is 2.36. The van der Waals surface area contributed by atoms with Crippen molar-refractivity contribution in [3.05, 3.63) is 23.8 Å². The molecule has 1 unspecified atom stereocenters. The molecule has 0 aliphatic rings. The van der Waals surface area contributed by atoms with Crippen LogP contribution in [0.15, 0.2) is 18.2 Å². The van der Waals surface area contributed by atoms with Gasteiger partial charge in [-0.1, -0.05) is 15.9 Å². The van der Waals surface area contributed by atoms with E-state index in [4.69, 9.17) is 4.74 Å². The van der Waals surface area contributed by atoms with Gasteiger partial charge in [-0.25, -0.2) is 0 Å². The molecule has 5 heteroatoms. The lowest BCUT2D eigenvalue weighted by Gasteiger charge is -2.13. The molecule has 0 heterocycles. The predicted octanol–water partition coefficient (Wildman–Crippen LogP) is 2.35. The number of carbonyl (C=O) groups is 1. The molecule has 94 valence electrons. The van der Waals surface area contributed by atoms with Gasteiger partial charge in [-0.3, -0.25) is 4.79 Å². The van der Waals surface area contributed by atoms with Crippen LogP contribution < -0.4 is 10.1 Å². The summed E-state index contributed by atoms with van der Waals surface area (Å²) in [6.45, 7) is 2.45. The van der Waals surface area contributed by atoms with Crippen LogP contribution in [0.3, 0.4) is 0 Å². The number of ether oxygens (including phenoxy) is 2. The summed E-state index contributed by atoms with van der Waals surface area (Å²) in [6, 6.07) is 5.73. The van der Waals surface area contributed by atoms with Crippen LogP contribution in [-0.2, 0) is 9.53 Å². The van der Waals surface area contributed by atoms with E-state index in [0.717, 1.165) is 17.0 Å². The monoisotopic (exact) mass is 301 g/mol. The number of hydrogen-bond acceptors (Lipinski definition) is 4. The molecule has 1 atom stereocenters. The SMILES string of the molecule is COC(=O)C(Br)CNc1ccc(OC)cc1C. The highest BCUT2D eigenvalue weighted by atomic mass is 79.9. The van der Waals surface area contributed by atoms with Crippen LogP contribution >= 0.6 is 15.9 Å². The van der Waals surface area contributed by atoms with E-state index in [1.807, 2.05) is 25.1 Å². The van der Waals surface area contributed by atoms with Crippen LogP contribution in [0.25, 0.3) is 0 Å². The Morgan fingerprint density at radius 1 is 1.47 bits per heavy atom. The second-order valence-corrected chi connectivity index (χ2v) is 4.66. The van der Waals surface area contributed by atoms with Crippen molar-refractivity contribution >= 4 is 27.6 Å². The van der Waals surface area contributed by atoms with Crippen molar-refractivity contribution in [1.82, 2.24) is 0 Å². The van der Waals surface area contributed by atoms with Crippen LogP contribution in [0, 0.1) is 6.92 Å². The van der Waals surface area contributed by atoms with Crippen LogP contribution in [-0.4, -0.2) is 31.6 Å². The third-order valence-corrected chi connectivity index (χ3v) is 3.06. The maximum atomic E-state index is 11.2. The number of carbonyl (C=O) groups excluding carboxylic acids is 1. The molecule has 0 saturated carbocycles. The molecule has 0 spiro atoms. The van der Waals surface area contributed by atoms with Crippen LogP contribution in [0.5, 0.6) is 5.75 Å². The lowest BCUT2D eigenvalue weighted by molar-refractivity contribution is -0.139. The van der Waals surface area contributed by atoms with Gasteiger partial charge in [0.25, 0.3) is 0 Å². The highest BCUT2D eigenvalue weighted by molar-refractivity contribution is 9.10. The molecule has 4 nitrogen and oxygen atoms in total. The molecule has 1 N–H and O–H groups in total. The molecule has 1 rings (SSSR count). The van der Waals surface area contributed by atoms with Gasteiger partial charge in [0, 0.05) is 12.2 Å². The quantitative estimate of drug-likeness (QED) is 0.670. The first-order valence-electron chi connectivity index (χ1n) is 5.19. The zero-order valence-corrected chi connectivity index (χ0v) is 11.7. The van der Waals surface area contributed by atoms with Crippen molar-refractivity contribution < 1.29 is 14.3 Å². The van der Waals surface area contributed by atoms with E-state index in [9.17, 15) is 4.79 Å². The van der Waals surface area contributed by atoms with Gasteiger partial charge in [-0.05, 0) is 30.7 Å². The normalized spacial score (nSPS) is 11.8. The number of esters is 1. The Kier molecular flexibility index (Phi) is 5.28. The van der Waals surface area contributed by atoms with Gasteiger partial charge in [-0.15, -0.1) is 0 Å². The Bertz CT molecular complexity index is 395. The molecular formula is C12H16BrNO3. The maximum absolute atomic E-state index is 11.2. The van der Waals surface area contributed by atoms with E-state index < -0.39 is 0 Å². The summed E-state index contributed by atoms with van der Waals surface area (Å²) in [5.41, 5.74) is 2.04. The van der Waals surface area contributed by atoms with Crippen molar-refractivity contribution in [2.24, 2.45) is 0 Å². The second-order valence-electron chi connectivity index (χ2n) is 3.55. The van der Waals surface area contributed by atoms with Gasteiger partial charge in [0.15, 0.2) is 0 Å². The number of benzene rings is 1. The summed E-state index contributed by atoms with van der Waals surface area (Å²) in [4.78, 5) is 10.8. The van der Waals surface area contributed by atoms with Gasteiger partial charge in [0.05, 0.1) is 14.2 Å². The Hall–Kier alpha value is -1.23. The molecule has 0 saturated heterocycles. The first kappa shape index (κ1) is 13.8. The molecule has 0 aliphatic heterocycles. The van der Waals surface area contributed by atoms with Crippen LogP contribution in [0.4, 0.5) is 5.69 Å². The van der Waals surface area contributed by atoms with Gasteiger partial charge in [0.1, 0.15) is 10.6 Å². The highest BCUT2D eigenvalue weighted by Gasteiger charge is 2.14. The van der Waals surface area contributed by atoms with E-state index in [0.29, 0.717) is 6.54 Å². The Balaban J connectivity index is 2.60. The molecule has 1 aromatic rings. The van der Waals surface area contributed by atoms with Crippen LogP contribution in [0.1, 0.15) is 5.56 Å². The molecule has 0 radical (unpaired) electrons. The van der Waals surface area contributed by atoms with E-state index in [-0.39, 0.29) is 10.8 Å². The fraction of sp³-hybridized carbons (Fsp3) is 0.417. The first-order chi connectivity index (χ1) is 8.08. The fourth-order valence-electron chi connectivity index (χ4n) is 1.37. The minimum Gasteiger partial charge on any atom is -0.497 e. The predicted molar refractivity (Wildman–Crippen MR) is 71.0 cm³/mol. The van der Waals surface area contributed by atoms with Gasteiger partial charge in [-0.2, -0.15) is 0 Å². The van der Waals surface area contributed by atoms with Crippen molar-refractivity contribution in [1.29, 1.82) is 0 Å². The number of nitrogens with one attached hydrogen (secondary N) is 1. The molecule has 0 amide bonds. The third kappa shape index (κ3) is 3.93. The molecular weight excluding hydrogens is 286 g/mol. The van der Waals surface area contributed by atoms with Crippen molar-refractivity contribution in [2.75, 3.05) is 26.1 Å². The Labute approximate surface area is 109 Å². The summed E-state index contributed by atoms with van der Waals surface area (Å²) >= 11 is 3.25. The lowest BCUT2D eigenvalue weighted by Crippen LogP contribution is -2.24. The standard InChI is InChI=1S/C12H16BrNO3/c1-8-6-9(16-2)4-5-11(8)14-7-10(13)12(15)17-3/h4-6,10,14H,7H2,1-3H3. The fourth-order valence-corrected chi connectivity index (χ4v) is 1.72. The second kappa shape index (κ2) is 6.49. The molecule has 0 fully saturated rings. The number of aryl methyl sites for hydroxylation is 1.